The van der Waals surface area contributed by atoms with Crippen LogP contribution in [-0.4, -0.2) is 27.2 Å². The van der Waals surface area contributed by atoms with Gasteiger partial charge in [-0.15, -0.1) is 0 Å². The lowest BCUT2D eigenvalue weighted by Gasteiger charge is -2.22. The number of alkyl halides is 1. The van der Waals surface area contributed by atoms with Crippen molar-refractivity contribution in [2.45, 2.75) is 44.7 Å². The summed E-state index contributed by atoms with van der Waals surface area (Å²) in [6.07, 6.45) is 8.64. The quantitative estimate of drug-likeness (QED) is 0.572. The van der Waals surface area contributed by atoms with Gasteiger partial charge in [0.25, 0.3) is 0 Å². The molecule has 0 atom stereocenters. The summed E-state index contributed by atoms with van der Waals surface area (Å²) in [4.78, 5) is 18.3. The number of aromatic nitrogens is 1. The average molecular weight is 311 g/mol. The molecule has 1 heterocycles. The summed E-state index contributed by atoms with van der Waals surface area (Å²) < 4.78 is 0. The zero-order valence-electron chi connectivity index (χ0n) is 10.5. The minimum atomic E-state index is 0.294. The molecule has 0 saturated heterocycles. The van der Waals surface area contributed by atoms with Crippen molar-refractivity contribution in [2.24, 2.45) is 0 Å². The first-order valence-corrected chi connectivity index (χ1v) is 7.67. The smallest absolute Gasteiger partial charge is 0.223 e. The van der Waals surface area contributed by atoms with Crippen LogP contribution in [-0.2, 0) is 11.3 Å². The minimum Gasteiger partial charge on any atom is -0.335 e. The Balaban J connectivity index is 1.89. The number of halogens is 1. The van der Waals surface area contributed by atoms with E-state index in [0.29, 0.717) is 24.9 Å². The number of pyridine rings is 1. The summed E-state index contributed by atoms with van der Waals surface area (Å²) in [5.74, 6) is 0.294. The van der Waals surface area contributed by atoms with Gasteiger partial charge in [0.2, 0.25) is 5.91 Å². The third-order valence-corrected chi connectivity index (χ3v) is 3.72. The normalized spacial score (nSPS) is 14.5. The lowest BCUT2D eigenvalue weighted by Crippen LogP contribution is -2.32. The molecule has 1 aromatic rings. The highest BCUT2D eigenvalue weighted by molar-refractivity contribution is 9.09. The maximum atomic E-state index is 12.2. The number of hydrogen-bond acceptors (Lipinski definition) is 2. The molecule has 1 aliphatic rings. The van der Waals surface area contributed by atoms with Crippen molar-refractivity contribution in [3.05, 3.63) is 30.1 Å². The molecule has 1 aliphatic carbocycles. The van der Waals surface area contributed by atoms with Crippen LogP contribution < -0.4 is 0 Å². The fourth-order valence-corrected chi connectivity index (χ4v) is 2.41. The maximum absolute atomic E-state index is 12.2. The molecule has 3 nitrogen and oxygen atoms in total. The number of unbranched alkanes of at least 4 members (excludes halogenated alkanes) is 1. The first kappa shape index (κ1) is 13.5. The summed E-state index contributed by atoms with van der Waals surface area (Å²) in [6, 6.07) is 4.44. The highest BCUT2D eigenvalue weighted by atomic mass is 79.9. The van der Waals surface area contributed by atoms with Gasteiger partial charge in [0.05, 0.1) is 0 Å². The van der Waals surface area contributed by atoms with Gasteiger partial charge in [0.1, 0.15) is 0 Å². The molecular weight excluding hydrogens is 292 g/mol. The van der Waals surface area contributed by atoms with Crippen molar-refractivity contribution in [3.8, 4) is 0 Å². The summed E-state index contributed by atoms with van der Waals surface area (Å²) in [5, 5.41) is 0.978. The molecule has 0 N–H and O–H groups in total. The van der Waals surface area contributed by atoms with Gasteiger partial charge < -0.3 is 4.90 Å². The molecule has 0 bridgehead atoms. The van der Waals surface area contributed by atoms with E-state index in [2.05, 4.69) is 20.9 Å². The van der Waals surface area contributed by atoms with Gasteiger partial charge in [0, 0.05) is 36.7 Å². The zero-order chi connectivity index (χ0) is 12.8. The molecule has 0 radical (unpaired) electrons. The Morgan fingerprint density at radius 1 is 1.44 bits per heavy atom. The first-order chi connectivity index (χ1) is 8.81. The number of hydrogen-bond donors (Lipinski definition) is 0. The van der Waals surface area contributed by atoms with Crippen LogP contribution in [0.1, 0.15) is 37.7 Å². The summed E-state index contributed by atoms with van der Waals surface area (Å²) in [7, 11) is 0. The van der Waals surface area contributed by atoms with Crippen LogP contribution in [0.15, 0.2) is 24.5 Å². The van der Waals surface area contributed by atoms with Crippen LogP contribution in [0, 0.1) is 0 Å². The average Bonchev–Trinajstić information content (AvgIpc) is 3.21. The molecule has 2 rings (SSSR count). The van der Waals surface area contributed by atoms with E-state index in [-0.39, 0.29) is 0 Å². The Bertz CT molecular complexity index is 379. The fraction of sp³-hybridized carbons (Fsp3) is 0.571. The van der Waals surface area contributed by atoms with E-state index >= 15 is 0 Å². The van der Waals surface area contributed by atoms with E-state index in [1.165, 1.54) is 0 Å². The number of carbonyl (C=O) groups is 1. The van der Waals surface area contributed by atoms with Crippen LogP contribution in [0.5, 0.6) is 0 Å². The molecule has 4 heteroatoms. The van der Waals surface area contributed by atoms with Crippen molar-refractivity contribution in [2.75, 3.05) is 5.33 Å². The van der Waals surface area contributed by atoms with E-state index in [4.69, 9.17) is 0 Å². The molecule has 1 saturated carbocycles. The Kier molecular flexibility index (Phi) is 5.17. The Hall–Kier alpha value is -0.900. The van der Waals surface area contributed by atoms with Gasteiger partial charge in [-0.3, -0.25) is 9.78 Å². The van der Waals surface area contributed by atoms with E-state index in [1.54, 1.807) is 6.20 Å². The zero-order valence-corrected chi connectivity index (χ0v) is 12.1. The predicted octanol–water partition coefficient (Wildman–Crippen LogP) is 3.14. The van der Waals surface area contributed by atoms with Crippen LogP contribution in [0.2, 0.25) is 0 Å². The highest BCUT2D eigenvalue weighted by Gasteiger charge is 2.31. The molecule has 0 aliphatic heterocycles. The third-order valence-electron chi connectivity index (χ3n) is 3.16. The SMILES string of the molecule is O=C(CCCCBr)N(Cc1cccnc1)C1CC1. The van der Waals surface area contributed by atoms with Gasteiger partial charge in [-0.25, -0.2) is 0 Å². The van der Waals surface area contributed by atoms with Gasteiger partial charge in [-0.05, 0) is 37.3 Å². The van der Waals surface area contributed by atoms with Crippen LogP contribution in [0.3, 0.4) is 0 Å². The van der Waals surface area contributed by atoms with Crippen LogP contribution >= 0.6 is 15.9 Å². The first-order valence-electron chi connectivity index (χ1n) is 6.55. The largest absolute Gasteiger partial charge is 0.335 e. The third kappa shape index (κ3) is 4.09. The van der Waals surface area contributed by atoms with E-state index in [9.17, 15) is 4.79 Å². The van der Waals surface area contributed by atoms with Crippen molar-refractivity contribution in [1.82, 2.24) is 9.88 Å². The molecule has 1 fully saturated rings. The molecule has 18 heavy (non-hydrogen) atoms. The lowest BCUT2D eigenvalue weighted by molar-refractivity contribution is -0.132. The van der Waals surface area contributed by atoms with E-state index in [1.807, 2.05) is 23.2 Å². The second-order valence-corrected chi connectivity index (χ2v) is 5.55. The number of nitrogens with zero attached hydrogens (tertiary/aromatic N) is 2. The fourth-order valence-electron chi connectivity index (χ4n) is 2.01. The van der Waals surface area contributed by atoms with Crippen molar-refractivity contribution >= 4 is 21.8 Å². The molecule has 0 spiro atoms. The monoisotopic (exact) mass is 310 g/mol. The Labute approximate surface area is 117 Å². The second kappa shape index (κ2) is 6.88. The highest BCUT2D eigenvalue weighted by Crippen LogP contribution is 2.29. The molecule has 1 aromatic heterocycles. The van der Waals surface area contributed by atoms with E-state index in [0.717, 1.165) is 36.6 Å². The number of amides is 1. The van der Waals surface area contributed by atoms with Gasteiger partial charge in [0.15, 0.2) is 0 Å². The number of carbonyl (C=O) groups excluding carboxylic acids is 1. The van der Waals surface area contributed by atoms with Crippen LogP contribution in [0.4, 0.5) is 0 Å². The van der Waals surface area contributed by atoms with Crippen molar-refractivity contribution < 1.29 is 4.79 Å². The van der Waals surface area contributed by atoms with Crippen LogP contribution in [0.25, 0.3) is 0 Å². The minimum absolute atomic E-state index is 0.294. The van der Waals surface area contributed by atoms with Gasteiger partial charge >= 0.3 is 0 Å². The van der Waals surface area contributed by atoms with Crippen molar-refractivity contribution in [1.29, 1.82) is 0 Å². The maximum Gasteiger partial charge on any atom is 0.223 e. The van der Waals surface area contributed by atoms with E-state index < -0.39 is 0 Å². The van der Waals surface area contributed by atoms with Crippen molar-refractivity contribution in [3.63, 3.8) is 0 Å². The molecule has 98 valence electrons. The second-order valence-electron chi connectivity index (χ2n) is 4.76. The van der Waals surface area contributed by atoms with Gasteiger partial charge in [-0.1, -0.05) is 22.0 Å². The molecular formula is C14H19BrN2O. The lowest BCUT2D eigenvalue weighted by atomic mass is 10.2. The predicted molar refractivity (Wildman–Crippen MR) is 75.5 cm³/mol. The molecule has 0 unspecified atom stereocenters. The topological polar surface area (TPSA) is 33.2 Å². The molecule has 0 aromatic carbocycles. The Morgan fingerprint density at radius 2 is 2.28 bits per heavy atom. The standard InChI is InChI=1S/C14H19BrN2O/c15-8-2-1-5-14(18)17(13-6-7-13)11-12-4-3-9-16-10-12/h3-4,9-10,13H,1-2,5-8,11H2. The van der Waals surface area contributed by atoms with Gasteiger partial charge in [-0.2, -0.15) is 0 Å². The summed E-state index contributed by atoms with van der Waals surface area (Å²) in [5.41, 5.74) is 1.12. The molecule has 1 amide bonds. The Morgan fingerprint density at radius 3 is 2.89 bits per heavy atom. The summed E-state index contributed by atoms with van der Waals surface area (Å²) in [6.45, 7) is 0.714. The number of rotatable bonds is 7. The summed E-state index contributed by atoms with van der Waals surface area (Å²) >= 11 is 3.40.